The maximum Gasteiger partial charge on any atom is 0.338 e. The highest BCUT2D eigenvalue weighted by molar-refractivity contribution is 6.00. The average Bonchev–Trinajstić information content (AvgIpc) is 2.57. The van der Waals surface area contributed by atoms with E-state index in [0.29, 0.717) is 23.4 Å². The summed E-state index contributed by atoms with van der Waals surface area (Å²) >= 11 is 0. The third kappa shape index (κ3) is 1.86. The fourth-order valence-electron chi connectivity index (χ4n) is 1.80. The molecule has 0 amide bonds. The van der Waals surface area contributed by atoms with Crippen molar-refractivity contribution in [2.24, 2.45) is 0 Å². The normalized spacial score (nSPS) is 10.8. The first-order chi connectivity index (χ1) is 8.04. The highest BCUT2D eigenvalue weighted by Gasteiger charge is 2.15. The van der Waals surface area contributed by atoms with Crippen LogP contribution in [0.1, 0.15) is 28.6 Å². The summed E-state index contributed by atoms with van der Waals surface area (Å²) in [5.41, 5.74) is 8.42. The Bertz CT molecular complexity index is 584. The topological polar surface area (TPSA) is 65.5 Å². The molecule has 2 aromatic rings. The van der Waals surface area contributed by atoms with Crippen molar-refractivity contribution in [1.82, 2.24) is 0 Å². The molecule has 0 aliphatic heterocycles. The Morgan fingerprint density at radius 3 is 2.76 bits per heavy atom. The summed E-state index contributed by atoms with van der Waals surface area (Å²) in [4.78, 5) is 11.7. The summed E-state index contributed by atoms with van der Waals surface area (Å²) in [6, 6.07) is 3.35. The molecule has 0 aliphatic carbocycles. The van der Waals surface area contributed by atoms with Crippen molar-refractivity contribution in [1.29, 1.82) is 0 Å². The van der Waals surface area contributed by atoms with Gasteiger partial charge in [-0.25, -0.2) is 4.79 Å². The summed E-state index contributed by atoms with van der Waals surface area (Å²) in [6.07, 6.45) is 0. The molecule has 1 aromatic carbocycles. The van der Waals surface area contributed by atoms with E-state index in [9.17, 15) is 4.79 Å². The van der Waals surface area contributed by atoms with E-state index in [0.717, 1.165) is 16.7 Å². The molecule has 0 spiro atoms. The number of anilines is 1. The van der Waals surface area contributed by atoms with Gasteiger partial charge in [0, 0.05) is 5.39 Å². The van der Waals surface area contributed by atoms with Crippen LogP contribution in [0.2, 0.25) is 0 Å². The number of nitrogen functional groups attached to an aromatic ring is 1. The molecule has 0 aliphatic rings. The van der Waals surface area contributed by atoms with Crippen molar-refractivity contribution in [2.75, 3.05) is 12.3 Å². The number of hydrogen-bond acceptors (Lipinski definition) is 4. The van der Waals surface area contributed by atoms with Crippen molar-refractivity contribution >= 4 is 22.6 Å². The molecule has 4 heteroatoms. The molecule has 4 nitrogen and oxygen atoms in total. The van der Waals surface area contributed by atoms with Crippen LogP contribution in [0, 0.1) is 13.8 Å². The maximum atomic E-state index is 11.7. The van der Waals surface area contributed by atoms with Gasteiger partial charge in [0.25, 0.3) is 0 Å². The van der Waals surface area contributed by atoms with Gasteiger partial charge in [-0.1, -0.05) is 0 Å². The van der Waals surface area contributed by atoms with Gasteiger partial charge in [-0.15, -0.1) is 0 Å². The van der Waals surface area contributed by atoms with Crippen molar-refractivity contribution < 1.29 is 13.9 Å². The van der Waals surface area contributed by atoms with Crippen molar-refractivity contribution in [3.8, 4) is 0 Å². The summed E-state index contributed by atoms with van der Waals surface area (Å²) < 4.78 is 10.5. The molecule has 0 fully saturated rings. The lowest BCUT2D eigenvalue weighted by Crippen LogP contribution is -2.05. The number of carbonyl (C=O) groups excluding carboxylic acids is 1. The molecular weight excluding hydrogens is 218 g/mol. The van der Waals surface area contributed by atoms with Gasteiger partial charge in [0.15, 0.2) is 5.58 Å². The number of hydrogen-bond donors (Lipinski definition) is 1. The molecule has 1 heterocycles. The van der Waals surface area contributed by atoms with Gasteiger partial charge in [-0.2, -0.15) is 0 Å². The van der Waals surface area contributed by atoms with Crippen molar-refractivity contribution in [3.63, 3.8) is 0 Å². The van der Waals surface area contributed by atoms with Crippen LogP contribution in [0.4, 0.5) is 5.69 Å². The SMILES string of the molecule is CCOC(=O)c1cc(N)c2oc(C)c(C)c2c1. The molecule has 0 radical (unpaired) electrons. The van der Waals surface area contributed by atoms with Crippen LogP contribution < -0.4 is 5.73 Å². The lowest BCUT2D eigenvalue weighted by atomic mass is 10.1. The first kappa shape index (κ1) is 11.5. The minimum absolute atomic E-state index is 0.347. The second kappa shape index (κ2) is 4.13. The Morgan fingerprint density at radius 2 is 2.12 bits per heavy atom. The van der Waals surface area contributed by atoms with E-state index < -0.39 is 0 Å². The Labute approximate surface area is 99.3 Å². The van der Waals surface area contributed by atoms with Crippen molar-refractivity contribution in [2.45, 2.75) is 20.8 Å². The summed E-state index contributed by atoms with van der Waals surface area (Å²) in [7, 11) is 0. The van der Waals surface area contributed by atoms with Crippen LogP contribution in [-0.4, -0.2) is 12.6 Å². The van der Waals surface area contributed by atoms with Gasteiger partial charge < -0.3 is 14.9 Å². The number of nitrogens with two attached hydrogens (primary N) is 1. The monoisotopic (exact) mass is 233 g/mol. The van der Waals surface area contributed by atoms with E-state index in [1.165, 1.54) is 0 Å². The highest BCUT2D eigenvalue weighted by atomic mass is 16.5. The first-order valence-corrected chi connectivity index (χ1v) is 5.51. The van der Waals surface area contributed by atoms with Crippen LogP contribution in [-0.2, 0) is 4.74 Å². The molecule has 0 atom stereocenters. The summed E-state index contributed by atoms with van der Waals surface area (Å²) in [5.74, 6) is 0.451. The molecule has 2 N–H and O–H groups in total. The molecule has 0 unspecified atom stereocenters. The van der Waals surface area contributed by atoms with Crippen LogP contribution in [0.5, 0.6) is 0 Å². The quantitative estimate of drug-likeness (QED) is 0.639. The van der Waals surface area contributed by atoms with E-state index in [2.05, 4.69) is 0 Å². The lowest BCUT2D eigenvalue weighted by molar-refractivity contribution is 0.0526. The third-order valence-corrected chi connectivity index (χ3v) is 2.82. The van der Waals surface area contributed by atoms with Gasteiger partial charge in [-0.05, 0) is 38.5 Å². The Balaban J connectivity index is 2.61. The van der Waals surface area contributed by atoms with Gasteiger partial charge in [-0.3, -0.25) is 0 Å². The summed E-state index contributed by atoms with van der Waals surface area (Å²) in [5, 5.41) is 0.866. The second-order valence-corrected chi connectivity index (χ2v) is 3.95. The largest absolute Gasteiger partial charge is 0.462 e. The fraction of sp³-hybridized carbons (Fsp3) is 0.308. The Kier molecular flexibility index (Phi) is 2.79. The standard InChI is InChI=1S/C13H15NO3/c1-4-16-13(15)9-5-10-7(2)8(3)17-12(10)11(14)6-9/h5-6H,4,14H2,1-3H3. The van der Waals surface area contributed by atoms with Crippen LogP contribution >= 0.6 is 0 Å². The Hall–Kier alpha value is -1.97. The predicted octanol–water partition coefficient (Wildman–Crippen LogP) is 2.81. The highest BCUT2D eigenvalue weighted by Crippen LogP contribution is 2.30. The summed E-state index contributed by atoms with van der Waals surface area (Å²) in [6.45, 7) is 5.93. The number of carbonyl (C=O) groups is 1. The predicted molar refractivity (Wildman–Crippen MR) is 66.1 cm³/mol. The number of furan rings is 1. The first-order valence-electron chi connectivity index (χ1n) is 5.51. The molecule has 0 saturated carbocycles. The number of rotatable bonds is 2. The van der Waals surface area contributed by atoms with Crippen LogP contribution in [0.25, 0.3) is 11.0 Å². The minimum Gasteiger partial charge on any atom is -0.462 e. The number of esters is 1. The minimum atomic E-state index is -0.362. The van der Waals surface area contributed by atoms with E-state index in [-0.39, 0.29) is 5.97 Å². The Morgan fingerprint density at radius 1 is 1.41 bits per heavy atom. The number of ether oxygens (including phenoxy) is 1. The average molecular weight is 233 g/mol. The smallest absolute Gasteiger partial charge is 0.338 e. The van der Waals surface area contributed by atoms with E-state index in [1.807, 2.05) is 13.8 Å². The second-order valence-electron chi connectivity index (χ2n) is 3.95. The number of fused-ring (bicyclic) bond motifs is 1. The van der Waals surface area contributed by atoms with Gasteiger partial charge >= 0.3 is 5.97 Å². The zero-order valence-electron chi connectivity index (χ0n) is 10.2. The molecule has 0 saturated heterocycles. The van der Waals surface area contributed by atoms with Crippen molar-refractivity contribution in [3.05, 3.63) is 29.0 Å². The van der Waals surface area contributed by atoms with Gasteiger partial charge in [0.05, 0.1) is 17.9 Å². The molecule has 0 bridgehead atoms. The van der Waals surface area contributed by atoms with E-state index in [1.54, 1.807) is 19.1 Å². The molecule has 17 heavy (non-hydrogen) atoms. The third-order valence-electron chi connectivity index (χ3n) is 2.82. The molecule has 90 valence electrons. The zero-order valence-corrected chi connectivity index (χ0v) is 10.2. The molecule has 1 aromatic heterocycles. The van der Waals surface area contributed by atoms with E-state index >= 15 is 0 Å². The van der Waals surface area contributed by atoms with Crippen LogP contribution in [0.3, 0.4) is 0 Å². The van der Waals surface area contributed by atoms with E-state index in [4.69, 9.17) is 14.9 Å². The fourth-order valence-corrected chi connectivity index (χ4v) is 1.80. The number of aryl methyl sites for hydroxylation is 2. The maximum absolute atomic E-state index is 11.7. The molecule has 2 rings (SSSR count). The lowest BCUT2D eigenvalue weighted by Gasteiger charge is -2.03. The number of benzene rings is 1. The molecular formula is C13H15NO3. The van der Waals surface area contributed by atoms with Crippen LogP contribution in [0.15, 0.2) is 16.5 Å². The van der Waals surface area contributed by atoms with Gasteiger partial charge in [0.1, 0.15) is 5.76 Å². The zero-order chi connectivity index (χ0) is 12.6. The van der Waals surface area contributed by atoms with Gasteiger partial charge in [0.2, 0.25) is 0 Å².